The second-order valence-electron chi connectivity index (χ2n) is 4.17. The van der Waals surface area contributed by atoms with Gasteiger partial charge in [-0.15, -0.1) is 0 Å². The first-order valence-electron chi connectivity index (χ1n) is 6.06. The molecule has 2 aromatic rings. The number of ether oxygens (including phenoxy) is 2. The van der Waals surface area contributed by atoms with E-state index in [9.17, 15) is 4.79 Å². The third-order valence-corrected chi connectivity index (χ3v) is 3.07. The summed E-state index contributed by atoms with van der Waals surface area (Å²) in [4.78, 5) is 15.0. The number of pyridine rings is 1. The van der Waals surface area contributed by atoms with Crippen LogP contribution in [0.5, 0.6) is 11.5 Å². The molecule has 2 rings (SSSR count). The van der Waals surface area contributed by atoms with Crippen molar-refractivity contribution in [1.29, 1.82) is 0 Å². The zero-order valence-corrected chi connectivity index (χ0v) is 11.9. The predicted octanol–water partition coefficient (Wildman–Crippen LogP) is 3.70. The third kappa shape index (κ3) is 3.08. The van der Waals surface area contributed by atoms with E-state index in [1.165, 1.54) is 13.2 Å². The van der Waals surface area contributed by atoms with Gasteiger partial charge < -0.3 is 9.47 Å². The maximum absolute atomic E-state index is 10.8. The van der Waals surface area contributed by atoms with E-state index in [1.807, 2.05) is 25.1 Å². The highest BCUT2D eigenvalue weighted by Crippen LogP contribution is 2.38. The molecule has 1 aromatic carbocycles. The van der Waals surface area contributed by atoms with Gasteiger partial charge in [-0.2, -0.15) is 0 Å². The van der Waals surface area contributed by atoms with Crippen LogP contribution in [0.2, 0.25) is 5.02 Å². The summed E-state index contributed by atoms with van der Waals surface area (Å²) < 4.78 is 11.0. The molecule has 20 heavy (non-hydrogen) atoms. The Kier molecular flexibility index (Phi) is 4.58. The third-order valence-electron chi connectivity index (χ3n) is 2.79. The van der Waals surface area contributed by atoms with Gasteiger partial charge in [-0.05, 0) is 31.2 Å². The summed E-state index contributed by atoms with van der Waals surface area (Å²) in [6.07, 6.45) is 2.12. The molecule has 0 spiro atoms. The van der Waals surface area contributed by atoms with Gasteiger partial charge in [-0.1, -0.05) is 17.7 Å². The molecule has 0 saturated heterocycles. The van der Waals surface area contributed by atoms with Crippen LogP contribution in [0.25, 0.3) is 0 Å². The van der Waals surface area contributed by atoms with Gasteiger partial charge in [0.15, 0.2) is 11.5 Å². The molecule has 5 heteroatoms. The normalized spacial score (nSPS) is 11.8. The van der Waals surface area contributed by atoms with E-state index in [0.29, 0.717) is 28.4 Å². The average Bonchev–Trinajstić information content (AvgIpc) is 2.49. The van der Waals surface area contributed by atoms with Gasteiger partial charge >= 0.3 is 0 Å². The van der Waals surface area contributed by atoms with Gasteiger partial charge in [0.05, 0.1) is 17.8 Å². The van der Waals surface area contributed by atoms with E-state index in [0.717, 1.165) is 5.69 Å². The summed E-state index contributed by atoms with van der Waals surface area (Å²) in [5, 5.41) is 0.328. The Hall–Kier alpha value is -2.07. The summed E-state index contributed by atoms with van der Waals surface area (Å²) in [5.41, 5.74) is 1.22. The van der Waals surface area contributed by atoms with Crippen molar-refractivity contribution in [3.05, 3.63) is 52.8 Å². The number of halogens is 1. The Morgan fingerprint density at radius 2 is 2.15 bits per heavy atom. The van der Waals surface area contributed by atoms with E-state index >= 15 is 0 Å². The van der Waals surface area contributed by atoms with E-state index in [-0.39, 0.29) is 6.10 Å². The maximum Gasteiger partial charge on any atom is 0.180 e. The molecule has 0 N–H and O–H groups in total. The molecule has 0 aliphatic rings. The summed E-state index contributed by atoms with van der Waals surface area (Å²) in [6, 6.07) is 8.71. The molecule has 0 amide bonds. The van der Waals surface area contributed by atoms with Gasteiger partial charge in [0.25, 0.3) is 0 Å². The van der Waals surface area contributed by atoms with E-state index in [2.05, 4.69) is 4.98 Å². The van der Waals surface area contributed by atoms with Crippen molar-refractivity contribution < 1.29 is 14.3 Å². The number of hydrogen-bond acceptors (Lipinski definition) is 4. The maximum atomic E-state index is 10.8. The van der Waals surface area contributed by atoms with E-state index in [4.69, 9.17) is 21.1 Å². The molecule has 1 heterocycles. The fourth-order valence-corrected chi connectivity index (χ4v) is 2.04. The summed E-state index contributed by atoms with van der Waals surface area (Å²) >= 11 is 6.14. The standard InChI is InChI=1S/C15H14ClNO3/c1-10(13-5-3-4-6-17-13)20-15-12(16)7-11(9-18)8-14(15)19-2/h3-10H,1-2H3. The Morgan fingerprint density at radius 1 is 1.35 bits per heavy atom. The van der Waals surface area contributed by atoms with Gasteiger partial charge in [0.2, 0.25) is 0 Å². The van der Waals surface area contributed by atoms with Crippen LogP contribution < -0.4 is 9.47 Å². The molecule has 4 nitrogen and oxygen atoms in total. The number of nitrogens with zero attached hydrogens (tertiary/aromatic N) is 1. The van der Waals surface area contributed by atoms with Crippen molar-refractivity contribution in [2.45, 2.75) is 13.0 Å². The van der Waals surface area contributed by atoms with Crippen LogP contribution in [0.4, 0.5) is 0 Å². The lowest BCUT2D eigenvalue weighted by Crippen LogP contribution is -2.06. The van der Waals surface area contributed by atoms with Gasteiger partial charge in [0.1, 0.15) is 12.4 Å². The van der Waals surface area contributed by atoms with Crippen LogP contribution in [0.15, 0.2) is 36.5 Å². The van der Waals surface area contributed by atoms with Crippen molar-refractivity contribution in [1.82, 2.24) is 4.98 Å². The zero-order chi connectivity index (χ0) is 14.5. The first-order valence-corrected chi connectivity index (χ1v) is 6.43. The van der Waals surface area contributed by atoms with Crippen molar-refractivity contribution in [3.63, 3.8) is 0 Å². The minimum Gasteiger partial charge on any atom is -0.493 e. The molecule has 0 saturated carbocycles. The SMILES string of the molecule is COc1cc(C=O)cc(Cl)c1OC(C)c1ccccn1. The topological polar surface area (TPSA) is 48.4 Å². The van der Waals surface area contributed by atoms with Crippen LogP contribution >= 0.6 is 11.6 Å². The minimum atomic E-state index is -0.287. The zero-order valence-electron chi connectivity index (χ0n) is 11.2. The van der Waals surface area contributed by atoms with Gasteiger partial charge in [0, 0.05) is 11.8 Å². The lowest BCUT2D eigenvalue weighted by molar-refractivity contribution is 0.112. The second kappa shape index (κ2) is 6.39. The number of aldehydes is 1. The Labute approximate surface area is 122 Å². The number of benzene rings is 1. The molecule has 1 aromatic heterocycles. The molecular weight excluding hydrogens is 278 g/mol. The average molecular weight is 292 g/mol. The molecule has 0 aliphatic carbocycles. The highest BCUT2D eigenvalue weighted by atomic mass is 35.5. The molecule has 1 unspecified atom stereocenters. The molecule has 1 atom stereocenters. The fourth-order valence-electron chi connectivity index (χ4n) is 1.78. The number of aromatic nitrogens is 1. The molecule has 0 radical (unpaired) electrons. The lowest BCUT2D eigenvalue weighted by Gasteiger charge is -2.18. The summed E-state index contributed by atoms with van der Waals surface area (Å²) in [7, 11) is 1.50. The van der Waals surface area contributed by atoms with Crippen LogP contribution in [-0.2, 0) is 0 Å². The molecule has 0 aliphatic heterocycles. The molecule has 0 bridgehead atoms. The van der Waals surface area contributed by atoms with Crippen molar-refractivity contribution >= 4 is 17.9 Å². The van der Waals surface area contributed by atoms with E-state index < -0.39 is 0 Å². The number of rotatable bonds is 5. The highest BCUT2D eigenvalue weighted by Gasteiger charge is 2.16. The Balaban J connectivity index is 2.31. The highest BCUT2D eigenvalue weighted by molar-refractivity contribution is 6.32. The minimum absolute atomic E-state index is 0.287. The quantitative estimate of drug-likeness (QED) is 0.788. The predicted molar refractivity (Wildman–Crippen MR) is 76.7 cm³/mol. The van der Waals surface area contributed by atoms with Crippen LogP contribution in [0.3, 0.4) is 0 Å². The van der Waals surface area contributed by atoms with Gasteiger partial charge in [-0.25, -0.2) is 0 Å². The Morgan fingerprint density at radius 3 is 2.75 bits per heavy atom. The number of hydrogen-bond donors (Lipinski definition) is 0. The second-order valence-corrected chi connectivity index (χ2v) is 4.57. The monoisotopic (exact) mass is 291 g/mol. The van der Waals surface area contributed by atoms with Gasteiger partial charge in [-0.3, -0.25) is 9.78 Å². The van der Waals surface area contributed by atoms with Crippen molar-refractivity contribution in [3.8, 4) is 11.5 Å². The van der Waals surface area contributed by atoms with Crippen molar-refractivity contribution in [2.24, 2.45) is 0 Å². The molecular formula is C15H14ClNO3. The van der Waals surface area contributed by atoms with Crippen molar-refractivity contribution in [2.75, 3.05) is 7.11 Å². The number of carbonyl (C=O) groups excluding carboxylic acids is 1. The molecule has 0 fully saturated rings. The number of methoxy groups -OCH3 is 1. The first kappa shape index (κ1) is 14.3. The molecule has 104 valence electrons. The van der Waals surface area contributed by atoms with Crippen LogP contribution in [0, 0.1) is 0 Å². The smallest absolute Gasteiger partial charge is 0.180 e. The summed E-state index contributed by atoms with van der Waals surface area (Å²) in [5.74, 6) is 0.820. The summed E-state index contributed by atoms with van der Waals surface area (Å²) in [6.45, 7) is 1.87. The first-order chi connectivity index (χ1) is 9.65. The Bertz CT molecular complexity index is 602. The fraction of sp³-hybridized carbons (Fsp3) is 0.200. The van der Waals surface area contributed by atoms with Crippen LogP contribution in [0.1, 0.15) is 29.1 Å². The lowest BCUT2D eigenvalue weighted by atomic mass is 10.2. The number of carbonyl (C=O) groups is 1. The largest absolute Gasteiger partial charge is 0.493 e. The van der Waals surface area contributed by atoms with E-state index in [1.54, 1.807) is 12.3 Å². The van der Waals surface area contributed by atoms with Crippen LogP contribution in [-0.4, -0.2) is 18.4 Å².